The molecule has 1 aliphatic heterocycles. The third-order valence-corrected chi connectivity index (χ3v) is 5.20. The third-order valence-electron chi connectivity index (χ3n) is 4.36. The van der Waals surface area contributed by atoms with Crippen LogP contribution >= 0.6 is 11.3 Å². The first-order chi connectivity index (χ1) is 13.6. The molecule has 0 spiro atoms. The summed E-state index contributed by atoms with van der Waals surface area (Å²) in [7, 11) is 0. The smallest absolute Gasteiger partial charge is 0.231 e. The first kappa shape index (κ1) is 18.0. The maximum absolute atomic E-state index is 9.49. The molecule has 6 nitrogen and oxygen atoms in total. The van der Waals surface area contributed by atoms with E-state index in [2.05, 4.69) is 47.6 Å². The highest BCUT2D eigenvalue weighted by molar-refractivity contribution is 7.12. The lowest BCUT2D eigenvalue weighted by molar-refractivity contribution is 0.174. The van der Waals surface area contributed by atoms with Crippen LogP contribution in [-0.2, 0) is 0 Å². The van der Waals surface area contributed by atoms with Gasteiger partial charge in [-0.1, -0.05) is 26.0 Å². The van der Waals surface area contributed by atoms with E-state index < -0.39 is 0 Å². The number of nitrogens with zero attached hydrogens (tertiary/aromatic N) is 3. The third kappa shape index (κ3) is 3.68. The highest BCUT2D eigenvalue weighted by Crippen LogP contribution is 2.36. The Bertz CT molecular complexity index is 1060. The van der Waals surface area contributed by atoms with E-state index >= 15 is 0 Å². The summed E-state index contributed by atoms with van der Waals surface area (Å²) in [5, 5.41) is 16.2. The number of thiazole rings is 1. The lowest BCUT2D eigenvalue weighted by Crippen LogP contribution is -2.01. The van der Waals surface area contributed by atoms with Crippen molar-refractivity contribution in [1.82, 2.24) is 4.98 Å². The predicted octanol–water partition coefficient (Wildman–Crippen LogP) is 5.00. The van der Waals surface area contributed by atoms with E-state index in [1.807, 2.05) is 35.7 Å². The van der Waals surface area contributed by atoms with Crippen molar-refractivity contribution < 1.29 is 9.47 Å². The summed E-state index contributed by atoms with van der Waals surface area (Å²) in [5.41, 5.74) is 6.93. The van der Waals surface area contributed by atoms with Crippen molar-refractivity contribution in [3.63, 3.8) is 0 Å². The Morgan fingerprint density at radius 3 is 2.71 bits per heavy atom. The van der Waals surface area contributed by atoms with Gasteiger partial charge >= 0.3 is 0 Å². The molecule has 3 aromatic rings. The number of rotatable bonds is 5. The Kier molecular flexibility index (Phi) is 4.96. The number of hydrazone groups is 1. The molecule has 0 amide bonds. The summed E-state index contributed by atoms with van der Waals surface area (Å²) < 4.78 is 10.7. The number of nitriles is 1. The Balaban J connectivity index is 1.52. The van der Waals surface area contributed by atoms with Crippen LogP contribution in [-0.4, -0.2) is 17.5 Å². The largest absolute Gasteiger partial charge is 0.454 e. The Labute approximate surface area is 167 Å². The molecular formula is C21H18N4O2S. The highest BCUT2D eigenvalue weighted by Gasteiger charge is 2.16. The van der Waals surface area contributed by atoms with Gasteiger partial charge in [-0.05, 0) is 41.8 Å². The molecule has 140 valence electrons. The van der Waals surface area contributed by atoms with Crippen LogP contribution in [0, 0.1) is 11.3 Å². The van der Waals surface area contributed by atoms with Crippen molar-refractivity contribution in [2.75, 3.05) is 12.2 Å². The topological polar surface area (TPSA) is 79.5 Å². The summed E-state index contributed by atoms with van der Waals surface area (Å²) in [6.07, 6.45) is 0. The average molecular weight is 390 g/mol. The summed E-state index contributed by atoms with van der Waals surface area (Å²) in [5.74, 6) is 1.90. The molecule has 0 fully saturated rings. The van der Waals surface area contributed by atoms with Gasteiger partial charge in [0.1, 0.15) is 6.07 Å². The number of aromatic nitrogens is 1. The van der Waals surface area contributed by atoms with Crippen molar-refractivity contribution in [1.29, 1.82) is 5.26 Å². The van der Waals surface area contributed by atoms with Gasteiger partial charge in [0, 0.05) is 10.9 Å². The average Bonchev–Trinajstić information content (AvgIpc) is 3.38. The van der Waals surface area contributed by atoms with E-state index in [1.54, 1.807) is 0 Å². The van der Waals surface area contributed by atoms with Crippen LogP contribution in [0.25, 0.3) is 11.3 Å². The van der Waals surface area contributed by atoms with Gasteiger partial charge in [0.2, 0.25) is 6.79 Å². The lowest BCUT2D eigenvalue weighted by atomic mass is 10.0. The van der Waals surface area contributed by atoms with Crippen molar-refractivity contribution >= 4 is 22.7 Å². The van der Waals surface area contributed by atoms with Gasteiger partial charge in [-0.25, -0.2) is 4.98 Å². The van der Waals surface area contributed by atoms with Gasteiger partial charge in [0.05, 0.1) is 11.4 Å². The molecule has 0 saturated carbocycles. The molecule has 2 heterocycles. The van der Waals surface area contributed by atoms with Crippen molar-refractivity contribution in [3.05, 3.63) is 58.4 Å². The standard InChI is InChI=1S/C21H18N4O2S/c1-13(2)14-3-6-16(7-4-14)24-25-17(10-22)21-23-18(11-28-21)15-5-8-19-20(9-15)27-12-26-19/h3-9,11,13,24H,12H2,1-2H3/b25-17+. The minimum absolute atomic E-state index is 0.232. The highest BCUT2D eigenvalue weighted by atomic mass is 32.1. The van der Waals surface area contributed by atoms with E-state index in [-0.39, 0.29) is 12.5 Å². The quantitative estimate of drug-likeness (QED) is 0.490. The molecular weight excluding hydrogens is 372 g/mol. The lowest BCUT2D eigenvalue weighted by Gasteiger charge is -2.06. The van der Waals surface area contributed by atoms with Crippen LogP contribution in [0.15, 0.2) is 52.9 Å². The minimum atomic E-state index is 0.232. The molecule has 0 bridgehead atoms. The zero-order valence-corrected chi connectivity index (χ0v) is 16.3. The van der Waals surface area contributed by atoms with E-state index in [1.165, 1.54) is 16.9 Å². The fourth-order valence-corrected chi connectivity index (χ4v) is 3.52. The minimum Gasteiger partial charge on any atom is -0.454 e. The number of ether oxygens (including phenoxy) is 2. The molecule has 4 rings (SSSR count). The second-order valence-electron chi connectivity index (χ2n) is 6.57. The Hall–Kier alpha value is -3.37. The molecule has 0 unspecified atom stereocenters. The Morgan fingerprint density at radius 2 is 1.96 bits per heavy atom. The van der Waals surface area contributed by atoms with Crippen LogP contribution in [0.2, 0.25) is 0 Å². The molecule has 0 aliphatic carbocycles. The van der Waals surface area contributed by atoms with Crippen LogP contribution < -0.4 is 14.9 Å². The van der Waals surface area contributed by atoms with Crippen molar-refractivity contribution in [2.45, 2.75) is 19.8 Å². The fraction of sp³-hybridized carbons (Fsp3) is 0.190. The van der Waals surface area contributed by atoms with E-state index in [0.29, 0.717) is 16.7 Å². The molecule has 7 heteroatoms. The second-order valence-corrected chi connectivity index (χ2v) is 7.42. The molecule has 2 aromatic carbocycles. The number of fused-ring (bicyclic) bond motifs is 1. The molecule has 1 aliphatic rings. The first-order valence-corrected chi connectivity index (χ1v) is 9.71. The van der Waals surface area contributed by atoms with Gasteiger partial charge in [-0.2, -0.15) is 10.4 Å². The molecule has 1 N–H and O–H groups in total. The molecule has 0 radical (unpaired) electrons. The van der Waals surface area contributed by atoms with Crippen molar-refractivity contribution in [2.24, 2.45) is 5.10 Å². The zero-order chi connectivity index (χ0) is 19.5. The Morgan fingerprint density at radius 1 is 1.18 bits per heavy atom. The predicted molar refractivity (Wildman–Crippen MR) is 110 cm³/mol. The maximum Gasteiger partial charge on any atom is 0.231 e. The van der Waals surface area contributed by atoms with Gasteiger partial charge < -0.3 is 9.47 Å². The SMILES string of the molecule is CC(C)c1ccc(N/N=C(\C#N)c2nc(-c3ccc4c(c3)OCO4)cs2)cc1. The fourth-order valence-electron chi connectivity index (χ4n) is 2.75. The van der Waals surface area contributed by atoms with E-state index in [4.69, 9.17) is 9.47 Å². The summed E-state index contributed by atoms with van der Waals surface area (Å²) in [6.45, 7) is 4.53. The zero-order valence-electron chi connectivity index (χ0n) is 15.5. The van der Waals surface area contributed by atoms with Crippen LogP contribution in [0.1, 0.15) is 30.3 Å². The summed E-state index contributed by atoms with van der Waals surface area (Å²) in [4.78, 5) is 4.56. The summed E-state index contributed by atoms with van der Waals surface area (Å²) in [6, 6.07) is 15.8. The van der Waals surface area contributed by atoms with Crippen LogP contribution in [0.5, 0.6) is 11.5 Å². The normalized spacial score (nSPS) is 12.9. The van der Waals surface area contributed by atoms with Gasteiger partial charge in [0.25, 0.3) is 0 Å². The molecule has 0 atom stereocenters. The molecule has 28 heavy (non-hydrogen) atoms. The maximum atomic E-state index is 9.49. The number of hydrogen-bond donors (Lipinski definition) is 1. The molecule has 1 aromatic heterocycles. The van der Waals surface area contributed by atoms with E-state index in [9.17, 15) is 5.26 Å². The van der Waals surface area contributed by atoms with E-state index in [0.717, 1.165) is 22.7 Å². The van der Waals surface area contributed by atoms with Gasteiger partial charge in [0.15, 0.2) is 22.2 Å². The van der Waals surface area contributed by atoms with Crippen LogP contribution in [0.4, 0.5) is 5.69 Å². The van der Waals surface area contributed by atoms with Gasteiger partial charge in [-0.15, -0.1) is 11.3 Å². The number of benzene rings is 2. The number of hydrogen-bond acceptors (Lipinski definition) is 7. The van der Waals surface area contributed by atoms with Crippen LogP contribution in [0.3, 0.4) is 0 Å². The summed E-state index contributed by atoms with van der Waals surface area (Å²) >= 11 is 1.38. The van der Waals surface area contributed by atoms with Gasteiger partial charge in [-0.3, -0.25) is 5.43 Å². The number of nitrogens with one attached hydrogen (secondary N) is 1. The first-order valence-electron chi connectivity index (χ1n) is 8.83. The second kappa shape index (κ2) is 7.71. The monoisotopic (exact) mass is 390 g/mol. The number of anilines is 1. The van der Waals surface area contributed by atoms with Crippen molar-refractivity contribution in [3.8, 4) is 28.8 Å². The molecule has 0 saturated heterocycles.